The summed E-state index contributed by atoms with van der Waals surface area (Å²) in [5.74, 6) is -0.950. The lowest BCUT2D eigenvalue weighted by Crippen LogP contribution is -2.30. The van der Waals surface area contributed by atoms with Crippen molar-refractivity contribution in [1.29, 1.82) is 0 Å². The number of unbranched alkanes of at least 4 members (excludes halogenated alkanes) is 25. The maximum atomic E-state index is 12.8. The topological polar surface area (TPSA) is 78.9 Å². The minimum atomic E-state index is -0.804. The monoisotopic (exact) mass is 931 g/mol. The number of allylic oxidation sites excluding steroid dienone is 16. The first-order valence-electron chi connectivity index (χ1n) is 27.8. The lowest BCUT2D eigenvalue weighted by molar-refractivity contribution is -0.167. The van der Waals surface area contributed by atoms with Gasteiger partial charge in [-0.2, -0.15) is 0 Å². The zero-order valence-corrected chi connectivity index (χ0v) is 43.6. The van der Waals surface area contributed by atoms with Gasteiger partial charge in [0, 0.05) is 19.3 Å². The summed E-state index contributed by atoms with van der Waals surface area (Å²) in [5, 5.41) is 0. The Kier molecular flexibility index (Phi) is 51.9. The van der Waals surface area contributed by atoms with Crippen molar-refractivity contribution < 1.29 is 28.6 Å². The maximum Gasteiger partial charge on any atom is 0.306 e. The van der Waals surface area contributed by atoms with Crippen LogP contribution in [0.2, 0.25) is 0 Å². The fraction of sp³-hybridized carbons (Fsp3) is 0.689. The van der Waals surface area contributed by atoms with Crippen LogP contribution in [0.3, 0.4) is 0 Å². The number of rotatable bonds is 49. The van der Waals surface area contributed by atoms with Crippen LogP contribution < -0.4 is 0 Å². The molecule has 0 rings (SSSR count). The Hall–Kier alpha value is -3.67. The summed E-state index contributed by atoms with van der Waals surface area (Å²) in [6.45, 7) is 6.35. The van der Waals surface area contributed by atoms with E-state index in [9.17, 15) is 14.4 Å². The molecule has 0 aliphatic carbocycles. The predicted octanol–water partition coefficient (Wildman–Crippen LogP) is 18.5. The Morgan fingerprint density at radius 2 is 0.657 bits per heavy atom. The van der Waals surface area contributed by atoms with Gasteiger partial charge in [-0.1, -0.05) is 253 Å². The Labute approximate surface area is 413 Å². The van der Waals surface area contributed by atoms with Gasteiger partial charge in [0.25, 0.3) is 0 Å². The van der Waals surface area contributed by atoms with Crippen molar-refractivity contribution in [2.45, 2.75) is 258 Å². The molecule has 0 bridgehead atoms. The Bertz CT molecular complexity index is 1350. The highest BCUT2D eigenvalue weighted by molar-refractivity contribution is 5.71. The number of ether oxygens (including phenoxy) is 3. The zero-order chi connectivity index (χ0) is 48.6. The molecule has 0 saturated heterocycles. The summed E-state index contributed by atoms with van der Waals surface area (Å²) in [7, 11) is 0. The molecule has 0 N–H and O–H groups in total. The molecule has 0 heterocycles. The fourth-order valence-electron chi connectivity index (χ4n) is 7.56. The summed E-state index contributed by atoms with van der Waals surface area (Å²) < 4.78 is 16.8. The van der Waals surface area contributed by atoms with E-state index in [1.165, 1.54) is 96.3 Å². The van der Waals surface area contributed by atoms with Crippen LogP contribution in [0.5, 0.6) is 0 Å². The first-order chi connectivity index (χ1) is 33.0. The summed E-state index contributed by atoms with van der Waals surface area (Å²) in [6.07, 6.45) is 72.5. The van der Waals surface area contributed by atoms with Crippen LogP contribution in [0.4, 0.5) is 0 Å². The van der Waals surface area contributed by atoms with E-state index in [4.69, 9.17) is 14.2 Å². The van der Waals surface area contributed by atoms with Gasteiger partial charge in [-0.15, -0.1) is 0 Å². The minimum absolute atomic E-state index is 0.0972. The van der Waals surface area contributed by atoms with E-state index in [0.29, 0.717) is 12.8 Å². The quantitative estimate of drug-likeness (QED) is 0.0199. The lowest BCUT2D eigenvalue weighted by Gasteiger charge is -2.18. The number of carbonyl (C=O) groups is 3. The summed E-state index contributed by atoms with van der Waals surface area (Å²) >= 11 is 0. The van der Waals surface area contributed by atoms with E-state index >= 15 is 0 Å². The van der Waals surface area contributed by atoms with Gasteiger partial charge in [0.1, 0.15) is 13.2 Å². The third kappa shape index (κ3) is 53.2. The number of hydrogen-bond acceptors (Lipinski definition) is 6. The first-order valence-corrected chi connectivity index (χ1v) is 27.8. The van der Waals surface area contributed by atoms with Gasteiger partial charge >= 0.3 is 17.9 Å². The van der Waals surface area contributed by atoms with Crippen LogP contribution in [0, 0.1) is 0 Å². The highest BCUT2D eigenvalue weighted by Gasteiger charge is 2.19. The Morgan fingerprint density at radius 3 is 1.10 bits per heavy atom. The largest absolute Gasteiger partial charge is 0.462 e. The molecular weight excluding hydrogens is 829 g/mol. The molecule has 382 valence electrons. The highest BCUT2D eigenvalue weighted by Crippen LogP contribution is 2.16. The van der Waals surface area contributed by atoms with Crippen LogP contribution in [0.25, 0.3) is 0 Å². The van der Waals surface area contributed by atoms with Crippen molar-refractivity contribution in [2.75, 3.05) is 13.2 Å². The van der Waals surface area contributed by atoms with Crippen molar-refractivity contribution in [3.05, 3.63) is 97.2 Å². The molecule has 0 radical (unpaired) electrons. The molecule has 1 atom stereocenters. The van der Waals surface area contributed by atoms with E-state index in [-0.39, 0.29) is 37.5 Å². The molecule has 0 spiro atoms. The second-order valence-corrected chi connectivity index (χ2v) is 18.2. The molecule has 6 nitrogen and oxygen atoms in total. The molecule has 0 aromatic rings. The molecular formula is C61H102O6. The normalized spacial score (nSPS) is 12.8. The van der Waals surface area contributed by atoms with Crippen molar-refractivity contribution >= 4 is 17.9 Å². The molecule has 0 fully saturated rings. The third-order valence-electron chi connectivity index (χ3n) is 11.7. The highest BCUT2D eigenvalue weighted by atomic mass is 16.6. The van der Waals surface area contributed by atoms with Crippen molar-refractivity contribution in [3.63, 3.8) is 0 Å². The van der Waals surface area contributed by atoms with Gasteiger partial charge < -0.3 is 14.2 Å². The summed E-state index contributed by atoms with van der Waals surface area (Å²) in [4.78, 5) is 38.1. The van der Waals surface area contributed by atoms with Crippen LogP contribution in [0.15, 0.2) is 97.2 Å². The van der Waals surface area contributed by atoms with Crippen LogP contribution in [0.1, 0.15) is 252 Å². The second-order valence-electron chi connectivity index (χ2n) is 18.2. The minimum Gasteiger partial charge on any atom is -0.462 e. The van der Waals surface area contributed by atoms with E-state index in [1.807, 2.05) is 18.2 Å². The third-order valence-corrected chi connectivity index (χ3v) is 11.7. The number of hydrogen-bond donors (Lipinski definition) is 0. The van der Waals surface area contributed by atoms with E-state index < -0.39 is 6.10 Å². The number of carbonyl (C=O) groups excluding carboxylic acids is 3. The van der Waals surface area contributed by atoms with Gasteiger partial charge in [-0.25, -0.2) is 0 Å². The zero-order valence-electron chi connectivity index (χ0n) is 43.6. The number of esters is 3. The van der Waals surface area contributed by atoms with E-state index in [2.05, 4.69) is 99.8 Å². The SMILES string of the molecule is CC\C=C/C=C\C=C/C=C\CCCCCCCC(=O)OCC(COC(=O)CCCCCCCCCCCCCCCCCCCC)OC(=O)CCCCC/C=C\C/C=C\C/C=C\C/C=C\CC. The molecule has 67 heavy (non-hydrogen) atoms. The molecule has 0 aliphatic heterocycles. The van der Waals surface area contributed by atoms with E-state index in [1.54, 1.807) is 0 Å². The summed E-state index contributed by atoms with van der Waals surface area (Å²) in [6, 6.07) is 0. The van der Waals surface area contributed by atoms with Crippen LogP contribution in [-0.4, -0.2) is 37.2 Å². The molecule has 0 aromatic heterocycles. The van der Waals surface area contributed by atoms with Crippen LogP contribution in [-0.2, 0) is 28.6 Å². The molecule has 0 aliphatic rings. The van der Waals surface area contributed by atoms with Crippen molar-refractivity contribution in [3.8, 4) is 0 Å². The Balaban J connectivity index is 4.45. The molecule has 1 unspecified atom stereocenters. The molecule has 0 amide bonds. The van der Waals surface area contributed by atoms with Gasteiger partial charge in [-0.05, 0) is 77.0 Å². The standard InChI is InChI=1S/C61H102O6/c1-4-7-10-13-16-19-22-25-28-30-31-34-36-39-42-45-48-51-54-60(63)66-57-58(56-65-59(62)53-50-47-44-41-38-35-32-27-24-21-18-15-12-9-6-3)67-61(64)55-52-49-46-43-40-37-33-29-26-23-20-17-14-11-8-5-2/h8-9,11-12,15,17-18,20-21,24,26-27,29,32,37,40,58H,4-7,10,13-14,16,19,22-23,25,28,30-31,33-36,38-39,41-57H2,1-3H3/b11-8-,12-9-,18-15-,20-17-,24-21-,29-26-,32-27-,40-37-. The van der Waals surface area contributed by atoms with Gasteiger partial charge in [0.15, 0.2) is 6.10 Å². The average Bonchev–Trinajstić information content (AvgIpc) is 3.33. The smallest absolute Gasteiger partial charge is 0.306 e. The molecule has 0 aromatic carbocycles. The van der Waals surface area contributed by atoms with Gasteiger partial charge in [0.2, 0.25) is 0 Å². The summed E-state index contributed by atoms with van der Waals surface area (Å²) in [5.41, 5.74) is 0. The Morgan fingerprint density at radius 1 is 0.328 bits per heavy atom. The molecule has 6 heteroatoms. The average molecular weight is 931 g/mol. The fourth-order valence-corrected chi connectivity index (χ4v) is 7.56. The van der Waals surface area contributed by atoms with Gasteiger partial charge in [0.05, 0.1) is 0 Å². The lowest BCUT2D eigenvalue weighted by atomic mass is 10.0. The maximum absolute atomic E-state index is 12.8. The van der Waals surface area contributed by atoms with Crippen molar-refractivity contribution in [2.24, 2.45) is 0 Å². The van der Waals surface area contributed by atoms with Crippen LogP contribution >= 0.6 is 0 Å². The van der Waals surface area contributed by atoms with Gasteiger partial charge in [-0.3, -0.25) is 14.4 Å². The first kappa shape index (κ1) is 63.3. The van der Waals surface area contributed by atoms with Crippen molar-refractivity contribution in [1.82, 2.24) is 0 Å². The second kappa shape index (κ2) is 54.9. The molecule has 0 saturated carbocycles. The predicted molar refractivity (Wildman–Crippen MR) is 288 cm³/mol. The van der Waals surface area contributed by atoms with E-state index in [0.717, 1.165) is 116 Å².